The average molecular weight is 242 g/mol. The van der Waals surface area contributed by atoms with E-state index in [0.29, 0.717) is 6.42 Å². The van der Waals surface area contributed by atoms with E-state index in [-0.39, 0.29) is 12.4 Å². The molecule has 1 rings (SSSR count). The molecule has 1 N–H and O–H groups in total. The average Bonchev–Trinajstić information content (AvgIpc) is 2.65. The Morgan fingerprint density at radius 1 is 1.29 bits per heavy atom. The zero-order valence-corrected chi connectivity index (χ0v) is 10.5. The second-order valence-electron chi connectivity index (χ2n) is 4.73. The lowest BCUT2D eigenvalue weighted by molar-refractivity contribution is -0.144. The monoisotopic (exact) mass is 242 g/mol. The van der Waals surface area contributed by atoms with Crippen LogP contribution in [-0.4, -0.2) is 23.1 Å². The van der Waals surface area contributed by atoms with Crippen LogP contribution in [0.2, 0.25) is 0 Å². The summed E-state index contributed by atoms with van der Waals surface area (Å²) < 4.78 is 5.04. The molecule has 0 aromatic rings. The summed E-state index contributed by atoms with van der Waals surface area (Å²) in [5.41, 5.74) is 0. The number of carbonyl (C=O) groups is 2. The lowest BCUT2D eigenvalue weighted by atomic mass is 9.96. The van der Waals surface area contributed by atoms with Crippen molar-refractivity contribution in [1.82, 2.24) is 0 Å². The van der Waals surface area contributed by atoms with Crippen LogP contribution in [0.3, 0.4) is 0 Å². The summed E-state index contributed by atoms with van der Waals surface area (Å²) in [6.45, 7) is 2.18. The van der Waals surface area contributed by atoms with E-state index < -0.39 is 18.0 Å². The second kappa shape index (κ2) is 7.30. The number of rotatable bonds is 8. The maximum atomic E-state index is 11.1. The maximum Gasteiger partial charge on any atom is 0.310 e. The maximum absolute atomic E-state index is 11.1. The number of carbonyl (C=O) groups excluding carboxylic acids is 1. The van der Waals surface area contributed by atoms with E-state index in [0.717, 1.165) is 12.8 Å². The molecule has 1 aliphatic heterocycles. The Morgan fingerprint density at radius 3 is 2.59 bits per heavy atom. The molecule has 0 aromatic heterocycles. The Labute approximate surface area is 102 Å². The molecule has 4 heteroatoms. The van der Waals surface area contributed by atoms with Crippen molar-refractivity contribution in [2.24, 2.45) is 5.92 Å². The minimum Gasteiger partial charge on any atom is -0.481 e. The fourth-order valence-electron chi connectivity index (χ4n) is 2.24. The van der Waals surface area contributed by atoms with Gasteiger partial charge in [0.15, 0.2) is 0 Å². The molecule has 1 heterocycles. The number of cyclic esters (lactones) is 1. The summed E-state index contributed by atoms with van der Waals surface area (Å²) in [6.07, 6.45) is 7.29. The summed E-state index contributed by atoms with van der Waals surface area (Å²) >= 11 is 0. The van der Waals surface area contributed by atoms with Gasteiger partial charge in [0, 0.05) is 0 Å². The van der Waals surface area contributed by atoms with Crippen molar-refractivity contribution < 1.29 is 19.4 Å². The normalized spacial score (nSPS) is 23.7. The van der Waals surface area contributed by atoms with Gasteiger partial charge in [-0.05, 0) is 12.8 Å². The summed E-state index contributed by atoms with van der Waals surface area (Å²) in [5.74, 6) is -1.90. The van der Waals surface area contributed by atoms with Gasteiger partial charge in [0.1, 0.15) is 12.0 Å². The first-order chi connectivity index (χ1) is 8.15. The van der Waals surface area contributed by atoms with Crippen molar-refractivity contribution in [3.8, 4) is 0 Å². The minimum atomic E-state index is -0.910. The number of esters is 1. The molecule has 1 saturated heterocycles. The van der Waals surface area contributed by atoms with Crippen molar-refractivity contribution in [2.75, 3.05) is 0 Å². The molecule has 0 bridgehead atoms. The molecular formula is C13H22O4. The van der Waals surface area contributed by atoms with Gasteiger partial charge in [-0.3, -0.25) is 9.59 Å². The van der Waals surface area contributed by atoms with Crippen LogP contribution in [0.1, 0.15) is 58.3 Å². The molecule has 0 amide bonds. The first-order valence-corrected chi connectivity index (χ1v) is 6.57. The van der Waals surface area contributed by atoms with Crippen LogP contribution < -0.4 is 0 Å². The molecular weight excluding hydrogens is 220 g/mol. The van der Waals surface area contributed by atoms with Gasteiger partial charge in [-0.1, -0.05) is 39.0 Å². The molecule has 98 valence electrons. The van der Waals surface area contributed by atoms with Gasteiger partial charge in [0.05, 0.1) is 6.42 Å². The molecule has 0 aliphatic carbocycles. The summed E-state index contributed by atoms with van der Waals surface area (Å²) in [5, 5.41) is 8.94. The zero-order valence-electron chi connectivity index (χ0n) is 10.5. The Balaban J connectivity index is 2.17. The van der Waals surface area contributed by atoms with E-state index in [1.807, 2.05) is 0 Å². The van der Waals surface area contributed by atoms with Gasteiger partial charge in [-0.15, -0.1) is 0 Å². The van der Waals surface area contributed by atoms with Gasteiger partial charge in [0.25, 0.3) is 0 Å². The topological polar surface area (TPSA) is 63.6 Å². The summed E-state index contributed by atoms with van der Waals surface area (Å²) in [7, 11) is 0. The van der Waals surface area contributed by atoms with E-state index in [2.05, 4.69) is 6.92 Å². The highest BCUT2D eigenvalue weighted by molar-refractivity contribution is 5.82. The highest BCUT2D eigenvalue weighted by Crippen LogP contribution is 2.26. The largest absolute Gasteiger partial charge is 0.481 e. The summed E-state index contributed by atoms with van der Waals surface area (Å²) in [4.78, 5) is 22.0. The van der Waals surface area contributed by atoms with Crippen LogP contribution in [0, 0.1) is 5.92 Å². The highest BCUT2D eigenvalue weighted by atomic mass is 16.6. The second-order valence-corrected chi connectivity index (χ2v) is 4.73. The van der Waals surface area contributed by atoms with Gasteiger partial charge in [-0.25, -0.2) is 0 Å². The number of hydrogen-bond donors (Lipinski definition) is 1. The van der Waals surface area contributed by atoms with Crippen LogP contribution in [0.25, 0.3) is 0 Å². The molecule has 17 heavy (non-hydrogen) atoms. The lowest BCUT2D eigenvalue weighted by Gasteiger charge is -2.13. The lowest BCUT2D eigenvalue weighted by Crippen LogP contribution is -2.23. The standard InChI is InChI=1S/C13H22O4/c1-2-3-4-5-6-7-8-11-10(13(15)16)9-12(14)17-11/h10-11H,2-9H2,1H3,(H,15,16). The third kappa shape index (κ3) is 4.75. The van der Waals surface area contributed by atoms with Gasteiger partial charge in [-0.2, -0.15) is 0 Å². The van der Waals surface area contributed by atoms with E-state index in [4.69, 9.17) is 9.84 Å². The van der Waals surface area contributed by atoms with Crippen molar-refractivity contribution >= 4 is 11.9 Å². The quantitative estimate of drug-likeness (QED) is 0.525. The van der Waals surface area contributed by atoms with Gasteiger partial charge < -0.3 is 9.84 Å². The van der Waals surface area contributed by atoms with Crippen molar-refractivity contribution in [3.63, 3.8) is 0 Å². The first kappa shape index (κ1) is 14.0. The molecule has 4 nitrogen and oxygen atoms in total. The van der Waals surface area contributed by atoms with E-state index in [1.165, 1.54) is 25.7 Å². The molecule has 0 radical (unpaired) electrons. The smallest absolute Gasteiger partial charge is 0.310 e. The SMILES string of the molecule is CCCCCCCCC1OC(=O)CC1C(=O)O. The number of carboxylic acid groups (broad SMARTS) is 1. The molecule has 0 saturated carbocycles. The third-order valence-electron chi connectivity index (χ3n) is 3.28. The van der Waals surface area contributed by atoms with Gasteiger partial charge in [0.2, 0.25) is 0 Å². The fourth-order valence-corrected chi connectivity index (χ4v) is 2.24. The molecule has 1 aliphatic rings. The number of hydrogen-bond acceptors (Lipinski definition) is 3. The Bertz CT molecular complexity index is 262. The third-order valence-corrected chi connectivity index (χ3v) is 3.28. The van der Waals surface area contributed by atoms with Crippen LogP contribution in [0.15, 0.2) is 0 Å². The van der Waals surface area contributed by atoms with Crippen LogP contribution >= 0.6 is 0 Å². The Kier molecular flexibility index (Phi) is 6.01. The predicted molar refractivity (Wildman–Crippen MR) is 63.6 cm³/mol. The van der Waals surface area contributed by atoms with E-state index >= 15 is 0 Å². The van der Waals surface area contributed by atoms with Crippen LogP contribution in [0.4, 0.5) is 0 Å². The molecule has 0 spiro atoms. The number of aliphatic carboxylic acids is 1. The molecule has 2 unspecified atom stereocenters. The predicted octanol–water partition coefficient (Wildman–Crippen LogP) is 2.75. The Hall–Kier alpha value is -1.06. The zero-order chi connectivity index (χ0) is 12.7. The molecule has 2 atom stereocenters. The first-order valence-electron chi connectivity index (χ1n) is 6.57. The van der Waals surface area contributed by atoms with Crippen molar-refractivity contribution in [2.45, 2.75) is 64.4 Å². The van der Waals surface area contributed by atoms with Gasteiger partial charge >= 0.3 is 11.9 Å². The van der Waals surface area contributed by atoms with E-state index in [9.17, 15) is 9.59 Å². The number of carboxylic acids is 1. The summed E-state index contributed by atoms with van der Waals surface area (Å²) in [6, 6.07) is 0. The van der Waals surface area contributed by atoms with Crippen molar-refractivity contribution in [1.29, 1.82) is 0 Å². The fraction of sp³-hybridized carbons (Fsp3) is 0.846. The highest BCUT2D eigenvalue weighted by Gasteiger charge is 2.39. The molecule has 1 fully saturated rings. The van der Waals surface area contributed by atoms with Crippen molar-refractivity contribution in [3.05, 3.63) is 0 Å². The Morgan fingerprint density at radius 2 is 1.94 bits per heavy atom. The molecule has 0 aromatic carbocycles. The van der Waals surface area contributed by atoms with Crippen LogP contribution in [-0.2, 0) is 14.3 Å². The number of ether oxygens (including phenoxy) is 1. The van der Waals surface area contributed by atoms with E-state index in [1.54, 1.807) is 0 Å². The number of unbranched alkanes of at least 4 members (excludes halogenated alkanes) is 5. The van der Waals surface area contributed by atoms with Crippen LogP contribution in [0.5, 0.6) is 0 Å². The minimum absolute atomic E-state index is 0.0375.